The zero-order chi connectivity index (χ0) is 16.9. The molecule has 5 heteroatoms. The molecule has 1 N–H and O–H groups in total. The number of carbonyl (C=O) groups is 2. The summed E-state index contributed by atoms with van der Waals surface area (Å²) in [6, 6.07) is 7.64. The van der Waals surface area contributed by atoms with E-state index in [2.05, 4.69) is 10.2 Å². The third-order valence-corrected chi connectivity index (χ3v) is 5.19. The van der Waals surface area contributed by atoms with Crippen molar-refractivity contribution in [3.8, 4) is 0 Å². The van der Waals surface area contributed by atoms with E-state index in [9.17, 15) is 9.59 Å². The summed E-state index contributed by atoms with van der Waals surface area (Å²) in [5, 5.41) is 2.31. The molecule has 3 rings (SSSR count). The second-order valence-electron chi connectivity index (χ2n) is 6.92. The number of carbonyl (C=O) groups excluding carboxylic acids is 2. The third kappa shape index (κ3) is 4.15. The predicted octanol–water partition coefficient (Wildman–Crippen LogP) is 3.13. The second kappa shape index (κ2) is 7.79. The summed E-state index contributed by atoms with van der Waals surface area (Å²) in [5.41, 5.74) is 1.54. The van der Waals surface area contributed by atoms with E-state index in [4.69, 9.17) is 4.74 Å². The van der Waals surface area contributed by atoms with Crippen LogP contribution in [-0.2, 0) is 4.74 Å². The number of hydrogen-bond donors (Lipinski definition) is 1. The van der Waals surface area contributed by atoms with E-state index in [-0.39, 0.29) is 0 Å². The van der Waals surface area contributed by atoms with Crippen molar-refractivity contribution >= 4 is 12.0 Å². The van der Waals surface area contributed by atoms with Gasteiger partial charge >= 0.3 is 6.09 Å². The Hall–Kier alpha value is -1.88. The smallest absolute Gasteiger partial charge is 0.414 e. The van der Waals surface area contributed by atoms with Gasteiger partial charge in [-0.05, 0) is 57.8 Å². The van der Waals surface area contributed by atoms with Crippen LogP contribution in [0.2, 0.25) is 0 Å². The Morgan fingerprint density at radius 2 is 1.88 bits per heavy atom. The van der Waals surface area contributed by atoms with E-state index in [0.29, 0.717) is 24.1 Å². The minimum Gasteiger partial charge on any atom is -0.449 e. The fourth-order valence-electron chi connectivity index (χ4n) is 3.86. The number of fused-ring (bicyclic) bond motifs is 1. The van der Waals surface area contributed by atoms with Crippen LogP contribution < -0.4 is 5.32 Å². The van der Waals surface area contributed by atoms with Crippen LogP contribution in [0.1, 0.15) is 48.0 Å². The summed E-state index contributed by atoms with van der Waals surface area (Å²) in [4.78, 5) is 26.5. The Balaban J connectivity index is 1.48. The van der Waals surface area contributed by atoms with Gasteiger partial charge in [-0.3, -0.25) is 15.0 Å². The molecule has 1 aromatic carbocycles. The molecule has 130 valence electrons. The van der Waals surface area contributed by atoms with E-state index in [1.807, 2.05) is 19.1 Å². The average molecular weight is 330 g/mol. The second-order valence-corrected chi connectivity index (χ2v) is 6.92. The lowest BCUT2D eigenvalue weighted by Crippen LogP contribution is -2.49. The van der Waals surface area contributed by atoms with E-state index >= 15 is 0 Å². The Labute approximate surface area is 143 Å². The number of aryl methyl sites for hydroxylation is 1. The molecule has 2 heterocycles. The summed E-state index contributed by atoms with van der Waals surface area (Å²) in [6.45, 7) is 4.68. The highest BCUT2D eigenvalue weighted by Crippen LogP contribution is 2.30. The lowest BCUT2D eigenvalue weighted by Gasteiger charge is -2.44. The van der Waals surface area contributed by atoms with Gasteiger partial charge in [0.1, 0.15) is 0 Å². The summed E-state index contributed by atoms with van der Waals surface area (Å²) in [5.74, 6) is -0.0257. The van der Waals surface area contributed by atoms with Crippen molar-refractivity contribution in [2.45, 2.75) is 45.1 Å². The average Bonchev–Trinajstić information content (AvgIpc) is 2.60. The molecule has 2 amide bonds. The van der Waals surface area contributed by atoms with Gasteiger partial charge in [0, 0.05) is 17.5 Å². The van der Waals surface area contributed by atoms with Gasteiger partial charge in [0.25, 0.3) is 5.91 Å². The molecular weight excluding hydrogens is 304 g/mol. The monoisotopic (exact) mass is 330 g/mol. The van der Waals surface area contributed by atoms with E-state index in [1.165, 1.54) is 32.4 Å². The van der Waals surface area contributed by atoms with Crippen LogP contribution in [0.5, 0.6) is 0 Å². The number of hydrogen-bond acceptors (Lipinski definition) is 4. The first-order valence-electron chi connectivity index (χ1n) is 8.92. The van der Waals surface area contributed by atoms with Crippen molar-refractivity contribution in [3.63, 3.8) is 0 Å². The van der Waals surface area contributed by atoms with Gasteiger partial charge in [-0.2, -0.15) is 0 Å². The van der Waals surface area contributed by atoms with Crippen molar-refractivity contribution in [1.29, 1.82) is 0 Å². The van der Waals surface area contributed by atoms with Gasteiger partial charge < -0.3 is 4.74 Å². The molecule has 2 fully saturated rings. The van der Waals surface area contributed by atoms with Crippen LogP contribution in [0.4, 0.5) is 4.79 Å². The highest BCUT2D eigenvalue weighted by molar-refractivity contribution is 6.02. The molecule has 5 nitrogen and oxygen atoms in total. The fraction of sp³-hybridized carbons (Fsp3) is 0.579. The lowest BCUT2D eigenvalue weighted by molar-refractivity contribution is 0.0235. The van der Waals surface area contributed by atoms with E-state index in [0.717, 1.165) is 18.4 Å². The molecule has 0 spiro atoms. The number of benzene rings is 1. The fourth-order valence-corrected chi connectivity index (χ4v) is 3.86. The Bertz CT molecular complexity index is 583. The summed E-state index contributed by atoms with van der Waals surface area (Å²) in [6.07, 6.45) is 5.34. The van der Waals surface area contributed by atoms with Crippen LogP contribution in [0.3, 0.4) is 0 Å². The molecule has 0 saturated carbocycles. The Kier molecular flexibility index (Phi) is 5.51. The van der Waals surface area contributed by atoms with Gasteiger partial charge in [-0.25, -0.2) is 4.79 Å². The van der Waals surface area contributed by atoms with Crippen LogP contribution in [0.15, 0.2) is 24.3 Å². The van der Waals surface area contributed by atoms with Crippen molar-refractivity contribution in [2.24, 2.45) is 5.92 Å². The number of piperidine rings is 2. The predicted molar refractivity (Wildman–Crippen MR) is 91.9 cm³/mol. The van der Waals surface area contributed by atoms with Crippen molar-refractivity contribution in [2.75, 3.05) is 19.7 Å². The minimum absolute atomic E-state index is 0.388. The Morgan fingerprint density at radius 1 is 1.12 bits per heavy atom. The van der Waals surface area contributed by atoms with Crippen LogP contribution in [-0.4, -0.2) is 42.6 Å². The van der Waals surface area contributed by atoms with E-state index in [1.54, 1.807) is 12.1 Å². The molecular formula is C19H26N2O3. The van der Waals surface area contributed by atoms with Crippen LogP contribution in [0, 0.1) is 12.8 Å². The highest BCUT2D eigenvalue weighted by atomic mass is 16.5. The maximum atomic E-state index is 12.0. The molecule has 2 aliphatic heterocycles. The van der Waals surface area contributed by atoms with Gasteiger partial charge in [0.05, 0.1) is 6.61 Å². The molecule has 0 bridgehead atoms. The summed E-state index contributed by atoms with van der Waals surface area (Å²) >= 11 is 0. The van der Waals surface area contributed by atoms with Crippen molar-refractivity contribution in [3.05, 3.63) is 35.4 Å². The molecule has 2 aliphatic rings. The largest absolute Gasteiger partial charge is 0.449 e. The standard InChI is InChI=1S/C19H26N2O3/c1-14-7-9-15(10-8-14)18(22)20-19(23)24-13-16-5-4-12-21-11-3-2-6-17(16)21/h7-10,16-17H,2-6,11-13H2,1H3,(H,20,22,23). The SMILES string of the molecule is Cc1ccc(C(=O)NC(=O)OCC2CCCN3CCCCC23)cc1. The molecule has 1 aromatic rings. The topological polar surface area (TPSA) is 58.6 Å². The first-order chi connectivity index (χ1) is 11.6. The minimum atomic E-state index is -0.645. The number of nitrogens with one attached hydrogen (secondary N) is 1. The molecule has 2 unspecified atom stereocenters. The summed E-state index contributed by atoms with van der Waals surface area (Å²) in [7, 11) is 0. The van der Waals surface area contributed by atoms with E-state index < -0.39 is 12.0 Å². The van der Waals surface area contributed by atoms with Crippen molar-refractivity contribution in [1.82, 2.24) is 10.2 Å². The third-order valence-electron chi connectivity index (χ3n) is 5.19. The molecule has 2 saturated heterocycles. The zero-order valence-electron chi connectivity index (χ0n) is 14.3. The number of ether oxygens (including phenoxy) is 1. The van der Waals surface area contributed by atoms with Gasteiger partial charge in [-0.15, -0.1) is 0 Å². The molecule has 0 aliphatic carbocycles. The molecule has 0 aromatic heterocycles. The van der Waals surface area contributed by atoms with Crippen LogP contribution in [0.25, 0.3) is 0 Å². The molecule has 0 radical (unpaired) electrons. The number of alkyl carbamates (subject to hydrolysis) is 1. The number of amides is 2. The summed E-state index contributed by atoms with van der Waals surface area (Å²) < 4.78 is 5.35. The Morgan fingerprint density at radius 3 is 2.67 bits per heavy atom. The van der Waals surface area contributed by atoms with Crippen LogP contribution >= 0.6 is 0 Å². The first-order valence-corrected chi connectivity index (χ1v) is 8.92. The van der Waals surface area contributed by atoms with Gasteiger partial charge in [0.15, 0.2) is 0 Å². The highest BCUT2D eigenvalue weighted by Gasteiger charge is 2.33. The van der Waals surface area contributed by atoms with Crippen molar-refractivity contribution < 1.29 is 14.3 Å². The number of rotatable bonds is 3. The lowest BCUT2D eigenvalue weighted by atomic mass is 9.84. The zero-order valence-corrected chi connectivity index (χ0v) is 14.3. The first kappa shape index (κ1) is 17.0. The van der Waals surface area contributed by atoms with Gasteiger partial charge in [0.2, 0.25) is 0 Å². The molecule has 24 heavy (non-hydrogen) atoms. The molecule has 2 atom stereocenters. The number of nitrogens with zero attached hydrogens (tertiary/aromatic N) is 1. The van der Waals surface area contributed by atoms with Gasteiger partial charge in [-0.1, -0.05) is 24.1 Å². The normalized spacial score (nSPS) is 24.0. The number of imide groups is 1. The quantitative estimate of drug-likeness (QED) is 0.925. The maximum Gasteiger partial charge on any atom is 0.414 e. The maximum absolute atomic E-state index is 12.0.